The van der Waals surface area contributed by atoms with Gasteiger partial charge < -0.3 is 24.6 Å². The van der Waals surface area contributed by atoms with Crippen LogP contribution < -0.4 is 19.9 Å². The molecule has 0 saturated carbocycles. The van der Waals surface area contributed by atoms with Crippen LogP contribution in [0, 0.1) is 0 Å². The number of methoxy groups -OCH3 is 2. The fourth-order valence-corrected chi connectivity index (χ4v) is 4.15. The molecule has 2 heterocycles. The van der Waals surface area contributed by atoms with Gasteiger partial charge in [0.05, 0.1) is 36.2 Å². The zero-order chi connectivity index (χ0) is 20.1. The standard InChI is InChI=1S/C22H27N3O3/c1-22(2)16-12-17-19(13-18(16)25(21(22)26)10-11-27-4)24(3)20(23-17)14-6-8-15(28-5)9-7-14/h6-9,12-13,20,23H,10-11H2,1-5H3. The average Bonchev–Trinajstić information content (AvgIpc) is 3.11. The number of nitrogens with zero attached hydrogens (tertiary/aromatic N) is 2. The summed E-state index contributed by atoms with van der Waals surface area (Å²) < 4.78 is 10.5. The van der Waals surface area contributed by atoms with E-state index in [1.165, 1.54) is 0 Å². The molecule has 6 nitrogen and oxygen atoms in total. The lowest BCUT2D eigenvalue weighted by Gasteiger charge is -2.23. The molecular formula is C22H27N3O3. The van der Waals surface area contributed by atoms with Crippen LogP contribution in [0.15, 0.2) is 36.4 Å². The summed E-state index contributed by atoms with van der Waals surface area (Å²) in [5.74, 6) is 0.965. The van der Waals surface area contributed by atoms with Gasteiger partial charge in [0, 0.05) is 20.7 Å². The molecule has 28 heavy (non-hydrogen) atoms. The maximum Gasteiger partial charge on any atom is 0.237 e. The van der Waals surface area contributed by atoms with Gasteiger partial charge in [-0.2, -0.15) is 0 Å². The molecule has 1 unspecified atom stereocenters. The van der Waals surface area contributed by atoms with E-state index in [1.54, 1.807) is 14.2 Å². The van der Waals surface area contributed by atoms with Crippen molar-refractivity contribution in [3.05, 3.63) is 47.5 Å². The van der Waals surface area contributed by atoms with Crippen molar-refractivity contribution >= 4 is 23.0 Å². The van der Waals surface area contributed by atoms with Gasteiger partial charge in [0.15, 0.2) is 0 Å². The Morgan fingerprint density at radius 2 is 1.82 bits per heavy atom. The van der Waals surface area contributed by atoms with Crippen LogP contribution in [0.5, 0.6) is 5.75 Å². The SMILES string of the molecule is COCCN1C(=O)C(C)(C)c2cc3c(cc21)N(C)C(c1ccc(OC)cc1)N3. The van der Waals surface area contributed by atoms with Gasteiger partial charge in [-0.1, -0.05) is 12.1 Å². The number of hydrogen-bond donors (Lipinski definition) is 1. The monoisotopic (exact) mass is 381 g/mol. The smallest absolute Gasteiger partial charge is 0.237 e. The molecular weight excluding hydrogens is 354 g/mol. The van der Waals surface area contributed by atoms with E-state index in [4.69, 9.17) is 9.47 Å². The fraction of sp³-hybridized carbons (Fsp3) is 0.409. The summed E-state index contributed by atoms with van der Waals surface area (Å²) in [6.45, 7) is 5.06. The Bertz CT molecular complexity index is 908. The van der Waals surface area contributed by atoms with Crippen molar-refractivity contribution in [1.82, 2.24) is 0 Å². The molecule has 0 radical (unpaired) electrons. The minimum absolute atomic E-state index is 0.0367. The topological polar surface area (TPSA) is 54.0 Å². The van der Waals surface area contributed by atoms with Crippen molar-refractivity contribution < 1.29 is 14.3 Å². The zero-order valence-electron chi connectivity index (χ0n) is 17.1. The van der Waals surface area contributed by atoms with Crippen molar-refractivity contribution in [2.24, 2.45) is 0 Å². The number of anilines is 3. The van der Waals surface area contributed by atoms with Crippen molar-refractivity contribution in [2.75, 3.05) is 49.5 Å². The van der Waals surface area contributed by atoms with Gasteiger partial charge in [-0.15, -0.1) is 0 Å². The largest absolute Gasteiger partial charge is 0.497 e. The lowest BCUT2D eigenvalue weighted by molar-refractivity contribution is -0.122. The van der Waals surface area contributed by atoms with Crippen molar-refractivity contribution in [3.63, 3.8) is 0 Å². The fourth-order valence-electron chi connectivity index (χ4n) is 4.15. The second kappa shape index (κ2) is 6.71. The van der Waals surface area contributed by atoms with Crippen LogP contribution in [0.25, 0.3) is 0 Å². The summed E-state index contributed by atoms with van der Waals surface area (Å²) in [5, 5.41) is 3.61. The van der Waals surface area contributed by atoms with E-state index in [1.807, 2.05) is 30.9 Å². The average molecular weight is 381 g/mol. The van der Waals surface area contributed by atoms with Gasteiger partial charge in [0.1, 0.15) is 11.9 Å². The summed E-state index contributed by atoms with van der Waals surface area (Å²) in [5.41, 5.74) is 4.80. The summed E-state index contributed by atoms with van der Waals surface area (Å²) in [4.78, 5) is 17.0. The van der Waals surface area contributed by atoms with Crippen LogP contribution in [0.3, 0.4) is 0 Å². The zero-order valence-corrected chi connectivity index (χ0v) is 17.1. The maximum absolute atomic E-state index is 13.0. The van der Waals surface area contributed by atoms with Gasteiger partial charge in [0.2, 0.25) is 5.91 Å². The predicted octanol–water partition coefficient (Wildman–Crippen LogP) is 3.53. The number of rotatable bonds is 5. The van der Waals surface area contributed by atoms with Gasteiger partial charge in [0.25, 0.3) is 0 Å². The van der Waals surface area contributed by atoms with Crippen molar-refractivity contribution in [1.29, 1.82) is 0 Å². The number of nitrogens with one attached hydrogen (secondary N) is 1. The molecule has 2 aromatic carbocycles. The molecule has 148 valence electrons. The summed E-state index contributed by atoms with van der Waals surface area (Å²) >= 11 is 0. The molecule has 1 amide bonds. The summed E-state index contributed by atoms with van der Waals surface area (Å²) in [7, 11) is 5.40. The quantitative estimate of drug-likeness (QED) is 0.859. The number of amides is 1. The number of ether oxygens (including phenoxy) is 2. The first-order valence-electron chi connectivity index (χ1n) is 9.51. The van der Waals surface area contributed by atoms with E-state index in [0.717, 1.165) is 33.9 Å². The van der Waals surface area contributed by atoms with Gasteiger partial charge in [-0.3, -0.25) is 4.79 Å². The molecule has 1 atom stereocenters. The minimum atomic E-state index is -0.545. The Hall–Kier alpha value is -2.73. The number of carbonyl (C=O) groups excluding carboxylic acids is 1. The lowest BCUT2D eigenvalue weighted by Crippen LogP contribution is -2.38. The van der Waals surface area contributed by atoms with Crippen molar-refractivity contribution in [3.8, 4) is 5.75 Å². The van der Waals surface area contributed by atoms with E-state index in [9.17, 15) is 4.79 Å². The molecule has 0 aliphatic carbocycles. The molecule has 0 bridgehead atoms. The van der Waals surface area contributed by atoms with Crippen molar-refractivity contribution in [2.45, 2.75) is 25.4 Å². The van der Waals surface area contributed by atoms with Gasteiger partial charge >= 0.3 is 0 Å². The number of fused-ring (bicyclic) bond motifs is 2. The van der Waals surface area contributed by atoms with Crippen LogP contribution in [-0.2, 0) is 14.9 Å². The minimum Gasteiger partial charge on any atom is -0.497 e. The molecule has 0 aromatic heterocycles. The van der Waals surface area contributed by atoms with Crippen LogP contribution in [0.4, 0.5) is 17.1 Å². The van der Waals surface area contributed by atoms with E-state index in [2.05, 4.69) is 41.5 Å². The highest BCUT2D eigenvalue weighted by Crippen LogP contribution is 2.50. The first-order valence-corrected chi connectivity index (χ1v) is 9.51. The highest BCUT2D eigenvalue weighted by Gasteiger charge is 2.45. The Kier molecular flexibility index (Phi) is 4.46. The van der Waals surface area contributed by atoms with E-state index in [0.29, 0.717) is 13.2 Å². The molecule has 2 aliphatic heterocycles. The van der Waals surface area contributed by atoms with E-state index < -0.39 is 5.41 Å². The lowest BCUT2D eigenvalue weighted by atomic mass is 9.86. The predicted molar refractivity (Wildman–Crippen MR) is 111 cm³/mol. The van der Waals surface area contributed by atoms with Gasteiger partial charge in [-0.25, -0.2) is 0 Å². The summed E-state index contributed by atoms with van der Waals surface area (Å²) in [6, 6.07) is 12.4. The number of benzene rings is 2. The number of carbonyl (C=O) groups is 1. The van der Waals surface area contributed by atoms with Crippen LogP contribution in [0.2, 0.25) is 0 Å². The first-order chi connectivity index (χ1) is 13.4. The molecule has 0 spiro atoms. The van der Waals surface area contributed by atoms with Crippen LogP contribution in [-0.4, -0.2) is 40.3 Å². The normalized spacial score (nSPS) is 19.5. The van der Waals surface area contributed by atoms with Crippen LogP contribution >= 0.6 is 0 Å². The molecule has 6 heteroatoms. The Morgan fingerprint density at radius 1 is 1.11 bits per heavy atom. The summed E-state index contributed by atoms with van der Waals surface area (Å²) in [6.07, 6.45) is 0.0367. The second-order valence-electron chi connectivity index (χ2n) is 7.89. The Labute approximate surface area is 166 Å². The highest BCUT2D eigenvalue weighted by molar-refractivity contribution is 6.09. The third-order valence-corrected chi connectivity index (χ3v) is 5.87. The Balaban J connectivity index is 1.71. The molecule has 0 saturated heterocycles. The molecule has 2 aliphatic rings. The maximum atomic E-state index is 13.0. The second-order valence-corrected chi connectivity index (χ2v) is 7.89. The van der Waals surface area contributed by atoms with E-state index in [-0.39, 0.29) is 12.1 Å². The number of hydrogen-bond acceptors (Lipinski definition) is 5. The Morgan fingerprint density at radius 3 is 2.46 bits per heavy atom. The highest BCUT2D eigenvalue weighted by atomic mass is 16.5. The molecule has 4 rings (SSSR count). The molecule has 0 fully saturated rings. The first kappa shape index (κ1) is 18.6. The van der Waals surface area contributed by atoms with Crippen LogP contribution in [0.1, 0.15) is 31.1 Å². The van der Waals surface area contributed by atoms with Gasteiger partial charge in [-0.05, 0) is 49.2 Å². The third-order valence-electron chi connectivity index (χ3n) is 5.87. The molecule has 1 N–H and O–H groups in total. The van der Waals surface area contributed by atoms with E-state index >= 15 is 0 Å². The third kappa shape index (κ3) is 2.71. The molecule has 2 aromatic rings.